The Morgan fingerprint density at radius 2 is 2.04 bits per heavy atom. The maximum Gasteiger partial charge on any atom is 0.349 e. The van der Waals surface area contributed by atoms with Crippen molar-refractivity contribution in [3.8, 4) is 0 Å². The van der Waals surface area contributed by atoms with Crippen molar-refractivity contribution < 1.29 is 9.21 Å². The average molecular weight is 363 g/mol. The van der Waals surface area contributed by atoms with Gasteiger partial charge in [0.15, 0.2) is 5.82 Å². The Morgan fingerprint density at radius 3 is 2.70 bits per heavy atom. The van der Waals surface area contributed by atoms with E-state index >= 15 is 0 Å². The van der Waals surface area contributed by atoms with Crippen LogP contribution in [0.4, 0.5) is 5.82 Å². The molecule has 1 N–H and O–H groups in total. The minimum Gasteiger partial charge on any atom is -0.427 e. The summed E-state index contributed by atoms with van der Waals surface area (Å²) in [4.78, 5) is 24.9. The summed E-state index contributed by atoms with van der Waals surface area (Å²) in [5, 5.41) is 7.04. The van der Waals surface area contributed by atoms with Gasteiger partial charge in [-0.2, -0.15) is 5.10 Å². The molecule has 6 nitrogen and oxygen atoms in total. The molecule has 1 amide bonds. The third-order valence-electron chi connectivity index (χ3n) is 4.97. The average Bonchev–Trinajstić information content (AvgIpc) is 3.00. The summed E-state index contributed by atoms with van der Waals surface area (Å²) in [5.74, 6) is 0.902. The fourth-order valence-corrected chi connectivity index (χ4v) is 3.27. The summed E-state index contributed by atoms with van der Waals surface area (Å²) in [6, 6.07) is 13.4. The van der Waals surface area contributed by atoms with Crippen molar-refractivity contribution >= 4 is 11.7 Å². The molecule has 4 rings (SSSR count). The molecule has 3 aromatic rings. The zero-order valence-electron chi connectivity index (χ0n) is 15.1. The summed E-state index contributed by atoms with van der Waals surface area (Å²) in [7, 11) is 0. The van der Waals surface area contributed by atoms with Crippen LogP contribution in [0.2, 0.25) is 0 Å². The number of anilines is 1. The minimum atomic E-state index is -0.585. The molecular weight excluding hydrogens is 342 g/mol. The van der Waals surface area contributed by atoms with Crippen molar-refractivity contribution in [1.29, 1.82) is 0 Å². The lowest BCUT2D eigenvalue weighted by Crippen LogP contribution is -2.24. The van der Waals surface area contributed by atoms with Crippen molar-refractivity contribution in [3.05, 3.63) is 81.5 Å². The van der Waals surface area contributed by atoms with E-state index in [0.717, 1.165) is 24.8 Å². The fourth-order valence-electron chi connectivity index (χ4n) is 3.27. The minimum absolute atomic E-state index is 0.0377. The van der Waals surface area contributed by atoms with Crippen molar-refractivity contribution in [1.82, 2.24) is 9.78 Å². The molecule has 1 aliphatic carbocycles. The number of aryl methyl sites for hydroxylation is 1. The molecule has 0 aliphatic heterocycles. The van der Waals surface area contributed by atoms with Crippen molar-refractivity contribution in [3.63, 3.8) is 0 Å². The molecule has 0 bridgehead atoms. The lowest BCUT2D eigenvalue weighted by atomic mass is 9.83. The summed E-state index contributed by atoms with van der Waals surface area (Å²) in [5.41, 5.74) is 1.20. The number of carbonyl (C=O) groups is 1. The van der Waals surface area contributed by atoms with Crippen molar-refractivity contribution in [2.75, 3.05) is 5.32 Å². The second-order valence-corrected chi connectivity index (χ2v) is 6.96. The number of amides is 1. The van der Waals surface area contributed by atoms with E-state index in [0.29, 0.717) is 29.6 Å². The van der Waals surface area contributed by atoms with Crippen LogP contribution < -0.4 is 10.9 Å². The number of nitrogens with zero attached hydrogens (tertiary/aromatic N) is 2. The number of carbonyl (C=O) groups excluding carboxylic acids is 1. The van der Waals surface area contributed by atoms with Gasteiger partial charge in [-0.1, -0.05) is 36.8 Å². The summed E-state index contributed by atoms with van der Waals surface area (Å²) in [6.07, 6.45) is 5.01. The van der Waals surface area contributed by atoms with Crippen LogP contribution in [0.1, 0.15) is 52.4 Å². The summed E-state index contributed by atoms with van der Waals surface area (Å²) < 4.78 is 7.13. The molecule has 27 heavy (non-hydrogen) atoms. The number of hydrogen-bond donors (Lipinski definition) is 1. The predicted octanol–water partition coefficient (Wildman–Crippen LogP) is 3.71. The number of hydrogen-bond acceptors (Lipinski definition) is 4. The topological polar surface area (TPSA) is 77.1 Å². The monoisotopic (exact) mass is 363 g/mol. The van der Waals surface area contributed by atoms with Gasteiger partial charge >= 0.3 is 5.63 Å². The Hall–Kier alpha value is -3.15. The van der Waals surface area contributed by atoms with E-state index in [-0.39, 0.29) is 5.56 Å². The highest BCUT2D eigenvalue weighted by atomic mass is 16.4. The Labute approximate surface area is 156 Å². The zero-order valence-corrected chi connectivity index (χ0v) is 15.1. The fraction of sp³-hybridized carbons (Fsp3) is 0.286. The molecule has 1 aromatic carbocycles. The van der Waals surface area contributed by atoms with Gasteiger partial charge < -0.3 is 9.73 Å². The van der Waals surface area contributed by atoms with Crippen LogP contribution in [0.5, 0.6) is 0 Å². The highest BCUT2D eigenvalue weighted by Gasteiger charge is 2.25. The van der Waals surface area contributed by atoms with Crippen LogP contribution >= 0.6 is 0 Å². The van der Waals surface area contributed by atoms with Crippen LogP contribution in [-0.2, 0) is 6.54 Å². The molecule has 0 spiro atoms. The number of rotatable bonds is 5. The summed E-state index contributed by atoms with van der Waals surface area (Å²) >= 11 is 0. The highest BCUT2D eigenvalue weighted by molar-refractivity contribution is 6.04. The van der Waals surface area contributed by atoms with E-state index in [1.165, 1.54) is 0 Å². The van der Waals surface area contributed by atoms with Crippen LogP contribution in [0.3, 0.4) is 0 Å². The molecule has 0 unspecified atom stereocenters. The van der Waals surface area contributed by atoms with Gasteiger partial charge in [-0.05, 0) is 37.0 Å². The van der Waals surface area contributed by atoms with Crippen LogP contribution in [0.25, 0.3) is 0 Å². The number of aromatic nitrogens is 2. The molecule has 1 fully saturated rings. The predicted molar refractivity (Wildman–Crippen MR) is 102 cm³/mol. The third kappa shape index (κ3) is 3.69. The van der Waals surface area contributed by atoms with E-state index in [1.54, 1.807) is 23.9 Å². The first-order valence-electron chi connectivity index (χ1n) is 9.13. The molecule has 0 saturated heterocycles. The second-order valence-electron chi connectivity index (χ2n) is 6.96. The third-order valence-corrected chi connectivity index (χ3v) is 4.97. The molecule has 138 valence electrons. The van der Waals surface area contributed by atoms with E-state index < -0.39 is 11.5 Å². The molecular formula is C21H21N3O3. The molecule has 0 radical (unpaired) electrons. The summed E-state index contributed by atoms with van der Waals surface area (Å²) in [6.45, 7) is 2.37. The van der Waals surface area contributed by atoms with Crippen molar-refractivity contribution in [2.45, 2.75) is 38.6 Å². The van der Waals surface area contributed by atoms with E-state index in [2.05, 4.69) is 10.4 Å². The molecule has 2 heterocycles. The van der Waals surface area contributed by atoms with Crippen LogP contribution in [-0.4, -0.2) is 15.7 Å². The highest BCUT2D eigenvalue weighted by Crippen LogP contribution is 2.36. The van der Waals surface area contributed by atoms with Gasteiger partial charge in [0.2, 0.25) is 0 Å². The second kappa shape index (κ2) is 7.23. The van der Waals surface area contributed by atoms with Gasteiger partial charge in [0.1, 0.15) is 11.3 Å². The van der Waals surface area contributed by atoms with Gasteiger partial charge in [-0.25, -0.2) is 4.79 Å². The molecule has 2 aromatic heterocycles. The van der Waals surface area contributed by atoms with Gasteiger partial charge in [-0.15, -0.1) is 0 Å². The van der Waals surface area contributed by atoms with E-state index in [4.69, 9.17) is 4.42 Å². The Morgan fingerprint density at radius 1 is 1.26 bits per heavy atom. The SMILES string of the molecule is Cc1cc(C2CCC2)oc(=O)c1C(=O)Nc1ccn(Cc2ccccc2)n1. The molecule has 1 saturated carbocycles. The molecule has 0 atom stereocenters. The van der Waals surface area contributed by atoms with Crippen LogP contribution in [0.15, 0.2) is 57.9 Å². The quantitative estimate of drug-likeness (QED) is 0.750. The van der Waals surface area contributed by atoms with Gasteiger partial charge in [0, 0.05) is 18.2 Å². The first-order valence-corrected chi connectivity index (χ1v) is 9.13. The van der Waals surface area contributed by atoms with Gasteiger partial charge in [0.05, 0.1) is 6.54 Å². The normalized spacial score (nSPS) is 14.0. The Balaban J connectivity index is 1.49. The lowest BCUT2D eigenvalue weighted by Gasteiger charge is -2.24. The smallest absolute Gasteiger partial charge is 0.349 e. The molecule has 1 aliphatic rings. The Bertz CT molecular complexity index is 1020. The van der Waals surface area contributed by atoms with Gasteiger partial charge in [0.25, 0.3) is 5.91 Å². The van der Waals surface area contributed by atoms with Gasteiger partial charge in [-0.3, -0.25) is 9.48 Å². The number of nitrogens with one attached hydrogen (secondary N) is 1. The van der Waals surface area contributed by atoms with Crippen molar-refractivity contribution in [2.24, 2.45) is 0 Å². The first-order chi connectivity index (χ1) is 13.1. The standard InChI is InChI=1S/C21H21N3O3/c1-14-12-17(16-8-5-9-16)27-21(26)19(14)20(25)22-18-10-11-24(23-18)13-15-6-3-2-4-7-15/h2-4,6-7,10-12,16H,5,8-9,13H2,1H3,(H,22,23,25). The maximum atomic E-state index is 12.6. The lowest BCUT2D eigenvalue weighted by molar-refractivity contribution is 0.102. The molecule has 6 heteroatoms. The Kier molecular flexibility index (Phi) is 4.62. The van der Waals surface area contributed by atoms with E-state index in [1.807, 2.05) is 36.4 Å². The van der Waals surface area contributed by atoms with Crippen LogP contribution in [0, 0.1) is 6.92 Å². The first kappa shape index (κ1) is 17.3. The largest absolute Gasteiger partial charge is 0.427 e. The number of benzene rings is 1. The van der Waals surface area contributed by atoms with E-state index in [9.17, 15) is 9.59 Å². The zero-order chi connectivity index (χ0) is 18.8. The maximum absolute atomic E-state index is 12.6.